The summed E-state index contributed by atoms with van der Waals surface area (Å²) in [4.78, 5) is 0. The van der Waals surface area contributed by atoms with Gasteiger partial charge in [-0.1, -0.05) is 82.7 Å². The minimum Gasteiger partial charge on any atom is -0.487 e. The lowest BCUT2D eigenvalue weighted by molar-refractivity contribution is 0.271. The van der Waals surface area contributed by atoms with E-state index in [9.17, 15) is 13.5 Å². The third-order valence-corrected chi connectivity index (χ3v) is 5.95. The van der Waals surface area contributed by atoms with Gasteiger partial charge in [-0.3, -0.25) is 4.31 Å². The van der Waals surface area contributed by atoms with E-state index in [0.717, 1.165) is 16.7 Å². The average molecular weight is 490 g/mol. The summed E-state index contributed by atoms with van der Waals surface area (Å²) in [6.45, 7) is 0.499. The van der Waals surface area contributed by atoms with Crippen LogP contribution in [0.1, 0.15) is 16.7 Å². The van der Waals surface area contributed by atoms with Crippen LogP contribution in [0.5, 0.6) is 5.75 Å². The zero-order valence-electron chi connectivity index (χ0n) is 16.6. The first kappa shape index (κ1) is 22.3. The standard InChI is InChI=1S/C23H24BrNO4S/c1-30(27,28)25(16-18-8-4-2-5-9-18)21-14-20(15-23(24)26)12-13-22(21)29-17-19-10-6-3-7-11-19/h2-14,23,26H,15-17H2,1H3. The Hall–Kier alpha value is -2.35. The largest absolute Gasteiger partial charge is 0.487 e. The van der Waals surface area contributed by atoms with Gasteiger partial charge in [0, 0.05) is 6.42 Å². The maximum atomic E-state index is 12.7. The fraction of sp³-hybridized carbons (Fsp3) is 0.217. The molecule has 0 spiro atoms. The number of hydrogen-bond donors (Lipinski definition) is 1. The van der Waals surface area contributed by atoms with E-state index in [4.69, 9.17) is 4.74 Å². The molecule has 1 N–H and O–H groups in total. The Kier molecular flexibility index (Phi) is 7.53. The van der Waals surface area contributed by atoms with Crippen molar-refractivity contribution in [3.05, 3.63) is 95.6 Å². The van der Waals surface area contributed by atoms with E-state index >= 15 is 0 Å². The van der Waals surface area contributed by atoms with Gasteiger partial charge in [-0.2, -0.15) is 0 Å². The predicted octanol–water partition coefficient (Wildman–Crippen LogP) is 4.49. The van der Waals surface area contributed by atoms with Crippen LogP contribution < -0.4 is 9.04 Å². The molecule has 0 bridgehead atoms. The minimum atomic E-state index is -3.59. The summed E-state index contributed by atoms with van der Waals surface area (Å²) in [5, 5.41) is 8.99. The number of sulfonamides is 1. The second kappa shape index (κ2) is 10.1. The van der Waals surface area contributed by atoms with Crippen LogP contribution in [0.3, 0.4) is 0 Å². The Morgan fingerprint density at radius 3 is 2.10 bits per heavy atom. The smallest absolute Gasteiger partial charge is 0.232 e. The zero-order chi connectivity index (χ0) is 21.6. The van der Waals surface area contributed by atoms with Crippen LogP contribution in [0, 0.1) is 0 Å². The molecule has 0 heterocycles. The minimum absolute atomic E-state index is 0.182. The van der Waals surface area contributed by atoms with Crippen LogP contribution in [0.2, 0.25) is 0 Å². The SMILES string of the molecule is CS(=O)(=O)N(Cc1ccccc1)c1cc(CC(O)Br)ccc1OCc1ccccc1. The highest BCUT2D eigenvalue weighted by molar-refractivity contribution is 9.09. The molecular weight excluding hydrogens is 466 g/mol. The maximum absolute atomic E-state index is 12.7. The molecule has 3 aromatic carbocycles. The summed E-state index contributed by atoms with van der Waals surface area (Å²) in [5.41, 5.74) is 3.09. The Morgan fingerprint density at radius 2 is 1.53 bits per heavy atom. The molecule has 0 aliphatic carbocycles. The van der Waals surface area contributed by atoms with Crippen LogP contribution in [0.15, 0.2) is 78.9 Å². The fourth-order valence-electron chi connectivity index (χ4n) is 3.07. The average Bonchev–Trinajstić information content (AvgIpc) is 2.71. The number of hydrogen-bond acceptors (Lipinski definition) is 4. The molecule has 5 nitrogen and oxygen atoms in total. The van der Waals surface area contributed by atoms with Gasteiger partial charge in [0.05, 0.1) is 18.5 Å². The van der Waals surface area contributed by atoms with E-state index in [2.05, 4.69) is 15.9 Å². The van der Waals surface area contributed by atoms with Crippen molar-refractivity contribution in [2.45, 2.75) is 24.6 Å². The molecule has 3 aromatic rings. The predicted molar refractivity (Wildman–Crippen MR) is 123 cm³/mol. The zero-order valence-corrected chi connectivity index (χ0v) is 19.0. The number of aliphatic hydroxyl groups excluding tert-OH is 1. The van der Waals surface area contributed by atoms with Gasteiger partial charge in [0.15, 0.2) is 0 Å². The molecule has 0 aliphatic heterocycles. The molecule has 7 heteroatoms. The van der Waals surface area contributed by atoms with E-state index in [1.807, 2.05) is 66.7 Å². The maximum Gasteiger partial charge on any atom is 0.232 e. The molecule has 0 saturated heterocycles. The van der Waals surface area contributed by atoms with Crippen LogP contribution in [-0.4, -0.2) is 24.8 Å². The van der Waals surface area contributed by atoms with Gasteiger partial charge in [0.25, 0.3) is 0 Å². The lowest BCUT2D eigenvalue weighted by Gasteiger charge is -2.26. The van der Waals surface area contributed by atoms with Gasteiger partial charge >= 0.3 is 0 Å². The van der Waals surface area contributed by atoms with Crippen molar-refractivity contribution >= 4 is 31.6 Å². The fourth-order valence-corrected chi connectivity index (χ4v) is 4.32. The second-order valence-corrected chi connectivity index (χ2v) is 9.93. The number of rotatable bonds is 9. The van der Waals surface area contributed by atoms with Crippen molar-refractivity contribution in [3.8, 4) is 5.75 Å². The van der Waals surface area contributed by atoms with Gasteiger partial charge in [-0.05, 0) is 28.8 Å². The van der Waals surface area contributed by atoms with Crippen molar-refractivity contribution in [1.82, 2.24) is 0 Å². The topological polar surface area (TPSA) is 66.8 Å². The highest BCUT2D eigenvalue weighted by atomic mass is 79.9. The Labute approximate surface area is 186 Å². The van der Waals surface area contributed by atoms with Crippen molar-refractivity contribution in [3.63, 3.8) is 0 Å². The molecular formula is C23H24BrNO4S. The number of aliphatic hydroxyl groups is 1. The van der Waals surface area contributed by atoms with Gasteiger partial charge in [-0.25, -0.2) is 8.42 Å². The summed E-state index contributed by atoms with van der Waals surface area (Å²) in [5.74, 6) is 0.466. The van der Waals surface area contributed by atoms with Crippen molar-refractivity contribution in [2.75, 3.05) is 10.6 Å². The summed E-state index contributed by atoms with van der Waals surface area (Å²) in [6.07, 6.45) is 1.53. The van der Waals surface area contributed by atoms with Gasteiger partial charge in [-0.15, -0.1) is 0 Å². The van der Waals surface area contributed by atoms with Crippen molar-refractivity contribution < 1.29 is 18.3 Å². The highest BCUT2D eigenvalue weighted by Crippen LogP contribution is 2.34. The molecule has 0 aliphatic rings. The molecule has 1 unspecified atom stereocenters. The van der Waals surface area contributed by atoms with Crippen molar-refractivity contribution in [1.29, 1.82) is 0 Å². The number of anilines is 1. The number of ether oxygens (including phenoxy) is 1. The third-order valence-electron chi connectivity index (χ3n) is 4.50. The molecule has 158 valence electrons. The monoisotopic (exact) mass is 489 g/mol. The Morgan fingerprint density at radius 1 is 0.933 bits per heavy atom. The van der Waals surface area contributed by atoms with Crippen LogP contribution in [0.25, 0.3) is 0 Å². The van der Waals surface area contributed by atoms with E-state index in [0.29, 0.717) is 24.5 Å². The van der Waals surface area contributed by atoms with Gasteiger partial charge in [0.1, 0.15) is 17.4 Å². The molecule has 3 rings (SSSR count). The molecule has 1 atom stereocenters. The van der Waals surface area contributed by atoms with Crippen molar-refractivity contribution in [2.24, 2.45) is 0 Å². The Balaban J connectivity index is 1.99. The third kappa shape index (κ3) is 6.32. The lowest BCUT2D eigenvalue weighted by Crippen LogP contribution is -2.30. The number of halogens is 1. The highest BCUT2D eigenvalue weighted by Gasteiger charge is 2.23. The van der Waals surface area contributed by atoms with E-state index in [1.165, 1.54) is 10.6 Å². The molecule has 0 aromatic heterocycles. The molecule has 0 amide bonds. The number of alkyl halides is 1. The molecule has 30 heavy (non-hydrogen) atoms. The first-order chi connectivity index (χ1) is 14.3. The van der Waals surface area contributed by atoms with Crippen LogP contribution in [-0.2, 0) is 29.6 Å². The van der Waals surface area contributed by atoms with E-state index in [1.54, 1.807) is 12.1 Å². The van der Waals surface area contributed by atoms with E-state index < -0.39 is 15.0 Å². The molecule has 0 saturated carbocycles. The summed E-state index contributed by atoms with van der Waals surface area (Å²) >= 11 is 3.14. The summed E-state index contributed by atoms with van der Waals surface area (Å²) in [6, 6.07) is 24.4. The van der Waals surface area contributed by atoms with Crippen LogP contribution >= 0.6 is 15.9 Å². The molecule has 0 fully saturated rings. The summed E-state index contributed by atoms with van der Waals surface area (Å²) in [7, 11) is -3.59. The lowest BCUT2D eigenvalue weighted by atomic mass is 10.1. The Bertz CT molecular complexity index is 1060. The second-order valence-electron chi connectivity index (χ2n) is 6.97. The van der Waals surface area contributed by atoms with Gasteiger partial charge in [0.2, 0.25) is 10.0 Å². The van der Waals surface area contributed by atoms with E-state index in [-0.39, 0.29) is 6.54 Å². The summed E-state index contributed by atoms with van der Waals surface area (Å²) < 4.78 is 32.8. The number of nitrogens with zero attached hydrogens (tertiary/aromatic N) is 1. The van der Waals surface area contributed by atoms with Crippen LogP contribution in [0.4, 0.5) is 5.69 Å². The first-order valence-corrected chi connectivity index (χ1v) is 12.2. The quantitative estimate of drug-likeness (QED) is 0.449. The normalized spacial score (nSPS) is 12.4. The molecule has 0 radical (unpaired) electrons. The first-order valence-electron chi connectivity index (χ1n) is 9.46. The van der Waals surface area contributed by atoms with Gasteiger partial charge < -0.3 is 9.84 Å². The number of benzene rings is 3.